The zero-order valence-corrected chi connectivity index (χ0v) is 10.8. The Balaban J connectivity index is 1.78. The van der Waals surface area contributed by atoms with Gasteiger partial charge in [0.1, 0.15) is 0 Å². The van der Waals surface area contributed by atoms with Crippen molar-refractivity contribution >= 4 is 0 Å². The lowest BCUT2D eigenvalue weighted by Gasteiger charge is -2.74. The van der Waals surface area contributed by atoms with Gasteiger partial charge in [0.05, 0.1) is 0 Å². The fourth-order valence-electron chi connectivity index (χ4n) is 5.61. The van der Waals surface area contributed by atoms with Gasteiger partial charge in [0, 0.05) is 0 Å². The average Bonchev–Trinajstić information content (AvgIpc) is 2.14. The van der Waals surface area contributed by atoms with Crippen LogP contribution in [0, 0.1) is 34.5 Å². The standard InChI is InChI=1S/C15H26/c1-5-6-10-9-15(4)12(10)7-11-8-13(15)14(11,2)3/h10-13H,5-9H2,1-4H3/t10?,11?,12?,13?,15-/m1/s1. The Morgan fingerprint density at radius 3 is 2.40 bits per heavy atom. The van der Waals surface area contributed by atoms with E-state index >= 15 is 0 Å². The van der Waals surface area contributed by atoms with E-state index in [1.165, 1.54) is 12.8 Å². The van der Waals surface area contributed by atoms with Crippen LogP contribution in [-0.2, 0) is 0 Å². The van der Waals surface area contributed by atoms with Crippen molar-refractivity contribution < 1.29 is 0 Å². The van der Waals surface area contributed by atoms with Gasteiger partial charge in [-0.25, -0.2) is 0 Å². The van der Waals surface area contributed by atoms with E-state index in [1.54, 1.807) is 19.3 Å². The molecule has 4 aliphatic rings. The maximum absolute atomic E-state index is 2.60. The maximum Gasteiger partial charge on any atom is -0.0258 e. The largest absolute Gasteiger partial charge is 0.0654 e. The summed E-state index contributed by atoms with van der Waals surface area (Å²) < 4.78 is 0. The molecule has 4 rings (SSSR count). The van der Waals surface area contributed by atoms with Crippen molar-refractivity contribution in [1.29, 1.82) is 0 Å². The quantitative estimate of drug-likeness (QED) is 0.624. The van der Waals surface area contributed by atoms with Gasteiger partial charge >= 0.3 is 0 Å². The SMILES string of the molecule is CCCC1C[C@]2(C)C1CC1CC2C1(C)C. The van der Waals surface area contributed by atoms with E-state index in [0.29, 0.717) is 5.41 Å². The zero-order chi connectivity index (χ0) is 10.8. The van der Waals surface area contributed by atoms with Crippen molar-refractivity contribution in [2.45, 2.75) is 59.8 Å². The minimum Gasteiger partial charge on any atom is -0.0654 e. The van der Waals surface area contributed by atoms with Crippen LogP contribution in [0.25, 0.3) is 0 Å². The van der Waals surface area contributed by atoms with Crippen molar-refractivity contribution in [2.75, 3.05) is 0 Å². The van der Waals surface area contributed by atoms with E-state index in [0.717, 1.165) is 29.1 Å². The average molecular weight is 206 g/mol. The monoisotopic (exact) mass is 206 g/mol. The third-order valence-electron chi connectivity index (χ3n) is 6.58. The van der Waals surface area contributed by atoms with Gasteiger partial charge in [-0.15, -0.1) is 0 Å². The summed E-state index contributed by atoms with van der Waals surface area (Å²) >= 11 is 0. The number of hydrogen-bond acceptors (Lipinski definition) is 0. The molecule has 0 saturated heterocycles. The molecule has 0 heteroatoms. The number of rotatable bonds is 2. The predicted molar refractivity (Wildman–Crippen MR) is 64.6 cm³/mol. The van der Waals surface area contributed by atoms with Crippen LogP contribution in [0.1, 0.15) is 59.8 Å². The van der Waals surface area contributed by atoms with Crippen LogP contribution in [0.5, 0.6) is 0 Å². The lowest BCUT2D eigenvalue weighted by atomic mass is 9.31. The Kier molecular flexibility index (Phi) is 1.91. The van der Waals surface area contributed by atoms with E-state index in [-0.39, 0.29) is 0 Å². The molecule has 0 aliphatic heterocycles. The molecular weight excluding hydrogens is 180 g/mol. The first kappa shape index (κ1) is 10.2. The van der Waals surface area contributed by atoms with Crippen LogP contribution in [0.2, 0.25) is 0 Å². The highest BCUT2D eigenvalue weighted by Gasteiger charge is 2.68. The fraction of sp³-hybridized carbons (Fsp3) is 1.00. The molecule has 4 fully saturated rings. The first-order valence-corrected chi connectivity index (χ1v) is 7.00. The van der Waals surface area contributed by atoms with Crippen LogP contribution >= 0.6 is 0 Å². The van der Waals surface area contributed by atoms with E-state index in [1.807, 2.05) is 0 Å². The molecule has 15 heavy (non-hydrogen) atoms. The minimum absolute atomic E-state index is 0.683. The third kappa shape index (κ3) is 1.04. The van der Waals surface area contributed by atoms with Gasteiger partial charge in [0.25, 0.3) is 0 Å². The van der Waals surface area contributed by atoms with Crippen LogP contribution in [0.15, 0.2) is 0 Å². The Labute approximate surface area is 94.8 Å². The minimum atomic E-state index is 0.683. The highest BCUT2D eigenvalue weighted by Crippen LogP contribution is 2.75. The molecular formula is C15H26. The molecule has 86 valence electrons. The smallest absolute Gasteiger partial charge is 0.0258 e. The molecule has 4 aliphatic carbocycles. The Morgan fingerprint density at radius 2 is 1.87 bits per heavy atom. The highest BCUT2D eigenvalue weighted by molar-refractivity contribution is 5.16. The zero-order valence-electron chi connectivity index (χ0n) is 10.8. The molecule has 0 aromatic rings. The second-order valence-corrected chi connectivity index (χ2v) is 7.41. The molecule has 0 heterocycles. The van der Waals surface area contributed by atoms with Gasteiger partial charge in [-0.1, -0.05) is 40.5 Å². The van der Waals surface area contributed by atoms with Gasteiger partial charge in [-0.05, 0) is 53.8 Å². The molecule has 0 N–H and O–H groups in total. The topological polar surface area (TPSA) is 0 Å². The van der Waals surface area contributed by atoms with Crippen molar-refractivity contribution in [3.63, 3.8) is 0 Å². The highest BCUT2D eigenvalue weighted by atomic mass is 14.7. The van der Waals surface area contributed by atoms with E-state index in [9.17, 15) is 0 Å². The Bertz CT molecular complexity index is 278. The van der Waals surface area contributed by atoms with E-state index < -0.39 is 0 Å². The Morgan fingerprint density at radius 1 is 1.13 bits per heavy atom. The summed E-state index contributed by atoms with van der Waals surface area (Å²) in [6, 6.07) is 0. The second kappa shape index (κ2) is 2.81. The van der Waals surface area contributed by atoms with Gasteiger partial charge < -0.3 is 0 Å². The van der Waals surface area contributed by atoms with Crippen molar-refractivity contribution in [2.24, 2.45) is 34.5 Å². The summed E-state index contributed by atoms with van der Waals surface area (Å²) in [6.07, 6.45) is 7.56. The molecule has 0 spiro atoms. The second-order valence-electron chi connectivity index (χ2n) is 7.41. The third-order valence-corrected chi connectivity index (χ3v) is 6.58. The molecule has 0 amide bonds. The van der Waals surface area contributed by atoms with Crippen LogP contribution in [-0.4, -0.2) is 0 Å². The first-order valence-electron chi connectivity index (χ1n) is 7.00. The Hall–Kier alpha value is 0. The molecule has 0 aromatic heterocycles. The summed E-state index contributed by atoms with van der Waals surface area (Å²) in [7, 11) is 0. The summed E-state index contributed by atoms with van der Waals surface area (Å²) in [4.78, 5) is 0. The summed E-state index contributed by atoms with van der Waals surface area (Å²) in [6.45, 7) is 10.0. The maximum atomic E-state index is 2.60. The molecule has 2 bridgehead atoms. The molecule has 0 radical (unpaired) electrons. The lowest BCUT2D eigenvalue weighted by Crippen LogP contribution is -2.66. The van der Waals surface area contributed by atoms with Crippen LogP contribution < -0.4 is 0 Å². The normalized spacial score (nSPS) is 55.2. The number of hydrogen-bond donors (Lipinski definition) is 0. The molecule has 0 aromatic carbocycles. The lowest BCUT2D eigenvalue weighted by molar-refractivity contribution is -0.251. The summed E-state index contributed by atoms with van der Waals surface area (Å²) in [5.41, 5.74) is 1.43. The van der Waals surface area contributed by atoms with Gasteiger partial charge in [0.15, 0.2) is 0 Å². The van der Waals surface area contributed by atoms with Crippen molar-refractivity contribution in [3.8, 4) is 0 Å². The van der Waals surface area contributed by atoms with Crippen molar-refractivity contribution in [1.82, 2.24) is 0 Å². The molecule has 4 saturated carbocycles. The van der Waals surface area contributed by atoms with Gasteiger partial charge in [0.2, 0.25) is 0 Å². The fourth-order valence-corrected chi connectivity index (χ4v) is 5.61. The van der Waals surface area contributed by atoms with Crippen LogP contribution in [0.4, 0.5) is 0 Å². The van der Waals surface area contributed by atoms with Gasteiger partial charge in [-0.3, -0.25) is 0 Å². The summed E-state index contributed by atoms with van der Waals surface area (Å²) in [5, 5.41) is 0. The van der Waals surface area contributed by atoms with Crippen molar-refractivity contribution in [3.05, 3.63) is 0 Å². The van der Waals surface area contributed by atoms with E-state index in [2.05, 4.69) is 27.7 Å². The predicted octanol–water partition coefficient (Wildman–Crippen LogP) is 4.49. The first-order chi connectivity index (χ1) is 7.00. The molecule has 4 unspecified atom stereocenters. The molecule has 0 nitrogen and oxygen atoms in total. The van der Waals surface area contributed by atoms with Crippen LogP contribution in [0.3, 0.4) is 0 Å². The van der Waals surface area contributed by atoms with E-state index in [4.69, 9.17) is 0 Å². The summed E-state index contributed by atoms with van der Waals surface area (Å²) in [5.74, 6) is 4.33. The molecule has 5 atom stereocenters. The van der Waals surface area contributed by atoms with Gasteiger partial charge in [-0.2, -0.15) is 0 Å².